The summed E-state index contributed by atoms with van der Waals surface area (Å²) in [5, 5.41) is 1.07. The maximum Gasteiger partial charge on any atom is 0.138 e. The fourth-order valence-corrected chi connectivity index (χ4v) is 2.30. The molecule has 5 heteroatoms. The molecule has 2 aromatic carbocycles. The minimum absolute atomic E-state index is 0.382. The Hall–Kier alpha value is -0.900. The van der Waals surface area contributed by atoms with E-state index in [9.17, 15) is 0 Å². The Kier molecular flexibility index (Phi) is 4.38. The zero-order valence-corrected chi connectivity index (χ0v) is 12.4. The monoisotopic (exact) mass is 345 g/mol. The minimum atomic E-state index is 0.382. The molecule has 0 heterocycles. The molecule has 0 fully saturated rings. The molecule has 0 aliphatic heterocycles. The molecule has 0 bridgehead atoms. The van der Waals surface area contributed by atoms with Crippen molar-refractivity contribution in [1.29, 1.82) is 0 Å². The zero-order chi connectivity index (χ0) is 13.1. The van der Waals surface area contributed by atoms with Crippen LogP contribution in [0.5, 0.6) is 5.75 Å². The first-order valence-electron chi connectivity index (χ1n) is 5.18. The van der Waals surface area contributed by atoms with E-state index < -0.39 is 0 Å². The van der Waals surface area contributed by atoms with Crippen molar-refractivity contribution in [2.45, 2.75) is 6.61 Å². The molecular weight excluding hydrogens is 337 g/mol. The van der Waals surface area contributed by atoms with Gasteiger partial charge in [0.05, 0.1) is 5.02 Å². The van der Waals surface area contributed by atoms with Crippen molar-refractivity contribution in [3.8, 4) is 5.75 Å². The maximum atomic E-state index is 6.02. The fourth-order valence-electron chi connectivity index (χ4n) is 1.46. The van der Waals surface area contributed by atoms with E-state index in [-0.39, 0.29) is 0 Å². The molecule has 0 aliphatic carbocycles. The van der Waals surface area contributed by atoms with Crippen LogP contribution in [0.15, 0.2) is 40.9 Å². The predicted molar refractivity (Wildman–Crippen MR) is 79.3 cm³/mol. The molecule has 0 saturated heterocycles. The van der Waals surface area contributed by atoms with Gasteiger partial charge >= 0.3 is 0 Å². The van der Waals surface area contributed by atoms with Gasteiger partial charge in [0, 0.05) is 20.7 Å². The Morgan fingerprint density at radius 2 is 1.94 bits per heavy atom. The summed E-state index contributed by atoms with van der Waals surface area (Å²) in [5.74, 6) is 0.593. The van der Waals surface area contributed by atoms with Crippen LogP contribution < -0.4 is 10.5 Å². The molecule has 94 valence electrons. The third-order valence-electron chi connectivity index (χ3n) is 2.39. The summed E-state index contributed by atoms with van der Waals surface area (Å²) in [5.41, 5.74) is 7.43. The molecule has 0 atom stereocenters. The molecule has 0 aliphatic rings. The van der Waals surface area contributed by atoms with Gasteiger partial charge in [0.15, 0.2) is 0 Å². The molecule has 0 spiro atoms. The number of rotatable bonds is 3. The average molecular weight is 347 g/mol. The first kappa shape index (κ1) is 13.5. The number of nitrogen functional groups attached to an aromatic ring is 1. The molecule has 18 heavy (non-hydrogen) atoms. The quantitative estimate of drug-likeness (QED) is 0.801. The summed E-state index contributed by atoms with van der Waals surface area (Å²) in [4.78, 5) is 0. The van der Waals surface area contributed by atoms with E-state index in [1.165, 1.54) is 0 Å². The molecule has 0 aromatic heterocycles. The van der Waals surface area contributed by atoms with E-state index in [0.717, 1.165) is 10.0 Å². The largest absolute Gasteiger partial charge is 0.487 e. The van der Waals surface area contributed by atoms with Crippen molar-refractivity contribution in [3.63, 3.8) is 0 Å². The Morgan fingerprint density at radius 1 is 1.17 bits per heavy atom. The number of nitrogens with two attached hydrogens (primary N) is 1. The topological polar surface area (TPSA) is 35.2 Å². The summed E-state index contributed by atoms with van der Waals surface area (Å²) in [6, 6.07) is 10.8. The van der Waals surface area contributed by atoms with Gasteiger partial charge in [0.2, 0.25) is 0 Å². The third kappa shape index (κ3) is 3.10. The van der Waals surface area contributed by atoms with Crippen molar-refractivity contribution in [1.82, 2.24) is 0 Å². The second-order valence-electron chi connectivity index (χ2n) is 3.68. The molecule has 2 N–H and O–H groups in total. The van der Waals surface area contributed by atoms with Gasteiger partial charge in [0.1, 0.15) is 12.4 Å². The van der Waals surface area contributed by atoms with Crippen LogP contribution in [0.2, 0.25) is 10.0 Å². The standard InChI is InChI=1S/C13H10BrCl2NO/c14-13-8(2-1-3-11(13)17)7-18-12-5-4-9(15)6-10(12)16/h1-6H,7,17H2. The summed E-state index contributed by atoms with van der Waals surface area (Å²) in [6.07, 6.45) is 0. The highest BCUT2D eigenvalue weighted by atomic mass is 79.9. The average Bonchev–Trinajstić information content (AvgIpc) is 2.33. The van der Waals surface area contributed by atoms with E-state index in [1.807, 2.05) is 18.2 Å². The SMILES string of the molecule is Nc1cccc(COc2ccc(Cl)cc2Cl)c1Br. The van der Waals surface area contributed by atoms with Crippen LogP contribution >= 0.6 is 39.1 Å². The van der Waals surface area contributed by atoms with E-state index in [0.29, 0.717) is 28.1 Å². The second kappa shape index (κ2) is 5.83. The van der Waals surface area contributed by atoms with Crippen molar-refractivity contribution < 1.29 is 4.74 Å². The van der Waals surface area contributed by atoms with Crippen molar-refractivity contribution in [3.05, 3.63) is 56.5 Å². The van der Waals surface area contributed by atoms with Gasteiger partial charge < -0.3 is 10.5 Å². The number of anilines is 1. The van der Waals surface area contributed by atoms with E-state index >= 15 is 0 Å². The van der Waals surface area contributed by atoms with Crippen LogP contribution in [-0.2, 0) is 6.61 Å². The summed E-state index contributed by atoms with van der Waals surface area (Å²) < 4.78 is 6.48. The van der Waals surface area contributed by atoms with Crippen LogP contribution in [0.4, 0.5) is 5.69 Å². The molecule has 2 nitrogen and oxygen atoms in total. The lowest BCUT2D eigenvalue weighted by molar-refractivity contribution is 0.306. The molecule has 0 unspecified atom stereocenters. The van der Waals surface area contributed by atoms with Crippen molar-refractivity contribution >= 4 is 44.8 Å². The van der Waals surface area contributed by atoms with Gasteiger partial charge in [0.25, 0.3) is 0 Å². The Morgan fingerprint density at radius 3 is 2.67 bits per heavy atom. The first-order valence-corrected chi connectivity index (χ1v) is 6.73. The minimum Gasteiger partial charge on any atom is -0.487 e. The lowest BCUT2D eigenvalue weighted by Crippen LogP contribution is -1.99. The summed E-state index contributed by atoms with van der Waals surface area (Å²) in [6.45, 7) is 0.382. The Bertz CT molecular complexity index is 575. The normalized spacial score (nSPS) is 10.4. The number of halogens is 3. The van der Waals surface area contributed by atoms with E-state index in [4.69, 9.17) is 33.7 Å². The Labute approximate surface area is 124 Å². The van der Waals surface area contributed by atoms with Gasteiger partial charge in [-0.3, -0.25) is 0 Å². The van der Waals surface area contributed by atoms with Crippen LogP contribution in [-0.4, -0.2) is 0 Å². The number of benzene rings is 2. The second-order valence-corrected chi connectivity index (χ2v) is 5.32. The van der Waals surface area contributed by atoms with Gasteiger partial charge in [-0.1, -0.05) is 35.3 Å². The highest BCUT2D eigenvalue weighted by Crippen LogP contribution is 2.30. The molecule has 0 amide bonds. The maximum absolute atomic E-state index is 6.02. The molecule has 0 saturated carbocycles. The van der Waals surface area contributed by atoms with Crippen LogP contribution in [0.3, 0.4) is 0 Å². The van der Waals surface area contributed by atoms with Crippen molar-refractivity contribution in [2.24, 2.45) is 0 Å². The molecular formula is C13H10BrCl2NO. The fraction of sp³-hybridized carbons (Fsp3) is 0.0769. The summed E-state index contributed by atoms with van der Waals surface area (Å²) >= 11 is 15.3. The van der Waals surface area contributed by atoms with E-state index in [1.54, 1.807) is 18.2 Å². The summed E-state index contributed by atoms with van der Waals surface area (Å²) in [7, 11) is 0. The molecule has 2 rings (SSSR count). The number of hydrogen-bond acceptors (Lipinski definition) is 2. The molecule has 0 radical (unpaired) electrons. The van der Waals surface area contributed by atoms with Gasteiger partial charge in [-0.2, -0.15) is 0 Å². The van der Waals surface area contributed by atoms with Gasteiger partial charge in [-0.05, 0) is 40.2 Å². The van der Waals surface area contributed by atoms with Gasteiger partial charge in [-0.15, -0.1) is 0 Å². The smallest absolute Gasteiger partial charge is 0.138 e. The van der Waals surface area contributed by atoms with E-state index in [2.05, 4.69) is 15.9 Å². The van der Waals surface area contributed by atoms with Crippen LogP contribution in [0.1, 0.15) is 5.56 Å². The van der Waals surface area contributed by atoms with Crippen LogP contribution in [0.25, 0.3) is 0 Å². The predicted octanol–water partition coefficient (Wildman–Crippen LogP) is 4.92. The van der Waals surface area contributed by atoms with Crippen LogP contribution in [0, 0.1) is 0 Å². The molecule has 2 aromatic rings. The third-order valence-corrected chi connectivity index (χ3v) is 3.88. The Balaban J connectivity index is 2.14. The lowest BCUT2D eigenvalue weighted by atomic mass is 10.2. The van der Waals surface area contributed by atoms with Gasteiger partial charge in [-0.25, -0.2) is 0 Å². The number of hydrogen-bond donors (Lipinski definition) is 1. The zero-order valence-electron chi connectivity index (χ0n) is 9.29. The highest BCUT2D eigenvalue weighted by Gasteiger charge is 2.06. The first-order chi connectivity index (χ1) is 8.58. The highest BCUT2D eigenvalue weighted by molar-refractivity contribution is 9.10. The van der Waals surface area contributed by atoms with Crippen molar-refractivity contribution in [2.75, 3.05) is 5.73 Å². The number of ether oxygens (including phenoxy) is 1. The lowest BCUT2D eigenvalue weighted by Gasteiger charge is -2.10.